The maximum absolute atomic E-state index is 5.50. The molecule has 2 aromatic heterocycles. The number of hydrogen-bond donors (Lipinski definition) is 2. The zero-order chi connectivity index (χ0) is 21.5. The quantitative estimate of drug-likeness (QED) is 0.264. The first-order valence-corrected chi connectivity index (χ1v) is 10.4. The van der Waals surface area contributed by atoms with Gasteiger partial charge in [0.1, 0.15) is 11.4 Å². The monoisotopic (exact) mass is 549 g/mol. The van der Waals surface area contributed by atoms with Crippen LogP contribution in [0.5, 0.6) is 5.75 Å². The molecule has 32 heavy (non-hydrogen) atoms. The molecule has 0 radical (unpaired) electrons. The molecule has 170 valence electrons. The molecule has 10 heteroatoms. The average molecular weight is 549 g/mol. The van der Waals surface area contributed by atoms with E-state index in [9.17, 15) is 0 Å². The van der Waals surface area contributed by atoms with Crippen molar-refractivity contribution in [3.63, 3.8) is 0 Å². The Morgan fingerprint density at radius 3 is 2.88 bits per heavy atom. The number of hydrogen-bond acceptors (Lipinski definition) is 7. The Balaban J connectivity index is 0.00000289. The number of nitrogens with zero attached hydrogens (tertiary/aromatic N) is 5. The van der Waals surface area contributed by atoms with Gasteiger partial charge >= 0.3 is 0 Å². The number of aliphatic imine (C=N–C) groups is 1. The van der Waals surface area contributed by atoms with E-state index in [4.69, 9.17) is 9.26 Å². The predicted octanol–water partition coefficient (Wildman–Crippen LogP) is 2.74. The molecule has 1 aliphatic heterocycles. The molecular weight excluding hydrogens is 521 g/mol. The van der Waals surface area contributed by atoms with E-state index >= 15 is 0 Å². The molecule has 4 rings (SSSR count). The third kappa shape index (κ3) is 5.87. The minimum atomic E-state index is 0. The lowest BCUT2D eigenvalue weighted by Gasteiger charge is -2.22. The molecule has 0 spiro atoms. The van der Waals surface area contributed by atoms with E-state index in [1.807, 2.05) is 36.4 Å². The van der Waals surface area contributed by atoms with Crippen molar-refractivity contribution < 1.29 is 9.26 Å². The lowest BCUT2D eigenvalue weighted by atomic mass is 10.2. The normalized spacial score (nSPS) is 15.9. The average Bonchev–Trinajstić information content (AvgIpc) is 3.49. The number of anilines is 1. The van der Waals surface area contributed by atoms with Gasteiger partial charge in [-0.25, -0.2) is 0 Å². The van der Waals surface area contributed by atoms with Gasteiger partial charge in [-0.1, -0.05) is 23.4 Å². The summed E-state index contributed by atoms with van der Waals surface area (Å²) in [6, 6.07) is 14.0. The van der Waals surface area contributed by atoms with E-state index in [0.29, 0.717) is 36.4 Å². The van der Waals surface area contributed by atoms with Crippen molar-refractivity contribution in [2.75, 3.05) is 38.7 Å². The van der Waals surface area contributed by atoms with Gasteiger partial charge in [0.15, 0.2) is 11.8 Å². The summed E-state index contributed by atoms with van der Waals surface area (Å²) in [5, 5.41) is 10.9. The van der Waals surface area contributed by atoms with E-state index in [2.05, 4.69) is 41.7 Å². The largest absolute Gasteiger partial charge is 0.495 e. The van der Waals surface area contributed by atoms with Gasteiger partial charge in [0.05, 0.1) is 12.8 Å². The highest BCUT2D eigenvalue weighted by molar-refractivity contribution is 14.0. The highest BCUT2D eigenvalue weighted by Gasteiger charge is 2.25. The number of methoxy groups -OCH3 is 1. The number of benzene rings is 1. The molecule has 1 atom stereocenters. The zero-order valence-corrected chi connectivity index (χ0v) is 20.5. The Labute approximate surface area is 204 Å². The van der Waals surface area contributed by atoms with Crippen molar-refractivity contribution in [3.05, 3.63) is 54.5 Å². The maximum Gasteiger partial charge on any atom is 0.276 e. The van der Waals surface area contributed by atoms with E-state index < -0.39 is 0 Å². The Hall–Kier alpha value is -2.89. The topological polar surface area (TPSA) is 101 Å². The van der Waals surface area contributed by atoms with Gasteiger partial charge < -0.3 is 24.8 Å². The van der Waals surface area contributed by atoms with Gasteiger partial charge in [0, 0.05) is 45.3 Å². The SMILES string of the molecule is CN=C(NCCc1noc(-c2ccccn2)n1)NC1CCN(c2ccccc2OC)C1.I. The molecular formula is C22H28IN7O2. The van der Waals surface area contributed by atoms with Crippen LogP contribution in [-0.4, -0.2) is 60.9 Å². The zero-order valence-electron chi connectivity index (χ0n) is 18.2. The second-order valence-electron chi connectivity index (χ2n) is 7.23. The van der Waals surface area contributed by atoms with Crippen molar-refractivity contribution in [1.82, 2.24) is 25.8 Å². The van der Waals surface area contributed by atoms with Gasteiger partial charge in [-0.15, -0.1) is 24.0 Å². The molecule has 1 unspecified atom stereocenters. The number of aromatic nitrogens is 3. The molecule has 1 aliphatic rings. The van der Waals surface area contributed by atoms with Crippen LogP contribution in [0.1, 0.15) is 12.2 Å². The van der Waals surface area contributed by atoms with E-state index in [1.54, 1.807) is 20.4 Å². The van der Waals surface area contributed by atoms with Crippen molar-refractivity contribution in [2.24, 2.45) is 4.99 Å². The summed E-state index contributed by atoms with van der Waals surface area (Å²) < 4.78 is 10.8. The first kappa shape index (κ1) is 23.8. The molecule has 0 aliphatic carbocycles. The number of pyridine rings is 1. The van der Waals surface area contributed by atoms with E-state index in [0.717, 1.165) is 36.9 Å². The van der Waals surface area contributed by atoms with Crippen LogP contribution in [0.3, 0.4) is 0 Å². The summed E-state index contributed by atoms with van der Waals surface area (Å²) in [7, 11) is 3.48. The summed E-state index contributed by atoms with van der Waals surface area (Å²) in [6.45, 7) is 2.50. The third-order valence-electron chi connectivity index (χ3n) is 5.17. The van der Waals surface area contributed by atoms with Crippen molar-refractivity contribution in [3.8, 4) is 17.3 Å². The molecule has 1 aromatic carbocycles. The highest BCUT2D eigenvalue weighted by Crippen LogP contribution is 2.30. The molecule has 0 saturated carbocycles. The van der Waals surface area contributed by atoms with Gasteiger partial charge in [-0.05, 0) is 30.7 Å². The van der Waals surface area contributed by atoms with Crippen LogP contribution < -0.4 is 20.3 Å². The summed E-state index contributed by atoms with van der Waals surface area (Å²) in [5.41, 5.74) is 1.80. The number of guanidine groups is 1. The van der Waals surface area contributed by atoms with Gasteiger partial charge in [0.2, 0.25) is 0 Å². The highest BCUT2D eigenvalue weighted by atomic mass is 127. The molecule has 3 heterocycles. The van der Waals surface area contributed by atoms with Crippen molar-refractivity contribution >= 4 is 35.6 Å². The Bertz CT molecular complexity index is 1010. The van der Waals surface area contributed by atoms with Gasteiger partial charge in [-0.2, -0.15) is 4.98 Å². The molecule has 1 saturated heterocycles. The van der Waals surface area contributed by atoms with Crippen LogP contribution in [0.2, 0.25) is 0 Å². The molecule has 9 nitrogen and oxygen atoms in total. The lowest BCUT2D eigenvalue weighted by molar-refractivity contribution is 0.415. The van der Waals surface area contributed by atoms with Crippen molar-refractivity contribution in [2.45, 2.75) is 18.9 Å². The summed E-state index contributed by atoms with van der Waals surface area (Å²) in [5.74, 6) is 2.73. The van der Waals surface area contributed by atoms with Crippen LogP contribution in [0.25, 0.3) is 11.6 Å². The van der Waals surface area contributed by atoms with Crippen LogP contribution in [-0.2, 0) is 6.42 Å². The second-order valence-corrected chi connectivity index (χ2v) is 7.23. The Morgan fingerprint density at radius 2 is 2.09 bits per heavy atom. The van der Waals surface area contributed by atoms with Crippen LogP contribution in [0, 0.1) is 0 Å². The number of rotatable bonds is 7. The minimum absolute atomic E-state index is 0. The van der Waals surface area contributed by atoms with Gasteiger partial charge in [0.25, 0.3) is 5.89 Å². The van der Waals surface area contributed by atoms with Crippen LogP contribution in [0.4, 0.5) is 5.69 Å². The summed E-state index contributed by atoms with van der Waals surface area (Å²) >= 11 is 0. The van der Waals surface area contributed by atoms with E-state index in [1.165, 1.54) is 0 Å². The summed E-state index contributed by atoms with van der Waals surface area (Å²) in [4.78, 5) is 15.3. The fourth-order valence-electron chi connectivity index (χ4n) is 3.62. The minimum Gasteiger partial charge on any atom is -0.495 e. The van der Waals surface area contributed by atoms with Crippen LogP contribution >= 0.6 is 24.0 Å². The number of para-hydroxylation sites is 2. The first-order valence-electron chi connectivity index (χ1n) is 10.4. The van der Waals surface area contributed by atoms with Crippen molar-refractivity contribution in [1.29, 1.82) is 0 Å². The molecule has 3 aromatic rings. The number of ether oxygens (including phenoxy) is 1. The molecule has 0 amide bonds. The summed E-state index contributed by atoms with van der Waals surface area (Å²) in [6.07, 6.45) is 3.35. The Kier molecular flexibility index (Phi) is 8.65. The fourth-order valence-corrected chi connectivity index (χ4v) is 3.62. The maximum atomic E-state index is 5.50. The van der Waals surface area contributed by atoms with Crippen LogP contribution in [0.15, 0.2) is 58.2 Å². The molecule has 2 N–H and O–H groups in total. The molecule has 0 bridgehead atoms. The standard InChI is InChI=1S/C22H27N7O2.HI/c1-23-22(25-13-10-20-27-21(31-28-20)17-7-5-6-12-24-17)26-16-11-14-29(15-16)18-8-3-4-9-19(18)30-2;/h3-9,12,16H,10-11,13-15H2,1-2H3,(H2,23,25,26);1H. The fraction of sp³-hybridized carbons (Fsp3) is 0.364. The third-order valence-corrected chi connectivity index (χ3v) is 5.17. The lowest BCUT2D eigenvalue weighted by Crippen LogP contribution is -2.45. The van der Waals surface area contributed by atoms with E-state index in [-0.39, 0.29) is 24.0 Å². The number of halogens is 1. The second kappa shape index (κ2) is 11.7. The smallest absolute Gasteiger partial charge is 0.276 e. The van der Waals surface area contributed by atoms with Gasteiger partial charge in [-0.3, -0.25) is 9.98 Å². The number of nitrogens with one attached hydrogen (secondary N) is 2. The molecule has 1 fully saturated rings. The predicted molar refractivity (Wildman–Crippen MR) is 135 cm³/mol. The first-order chi connectivity index (χ1) is 15.3. The Morgan fingerprint density at radius 1 is 1.25 bits per heavy atom.